The molecule has 2 N–H and O–H groups in total. The third-order valence-corrected chi connectivity index (χ3v) is 5.51. The van der Waals surface area contributed by atoms with Gasteiger partial charge in [-0.1, -0.05) is 48.5 Å². The molecule has 0 saturated carbocycles. The Morgan fingerprint density at radius 1 is 1.22 bits per heavy atom. The van der Waals surface area contributed by atoms with Crippen LogP contribution < -0.4 is 10.5 Å². The van der Waals surface area contributed by atoms with Crippen LogP contribution in [-0.4, -0.2) is 28.7 Å². The molecular formula is C24H23FN4O3. The van der Waals surface area contributed by atoms with Gasteiger partial charge >= 0.3 is 0 Å². The second-order valence-electron chi connectivity index (χ2n) is 7.61. The van der Waals surface area contributed by atoms with Crippen molar-refractivity contribution in [3.05, 3.63) is 88.3 Å². The first kappa shape index (κ1) is 21.4. The van der Waals surface area contributed by atoms with Gasteiger partial charge in [-0.15, -0.1) is 0 Å². The Morgan fingerprint density at radius 3 is 2.66 bits per heavy atom. The van der Waals surface area contributed by atoms with Crippen molar-refractivity contribution in [1.29, 1.82) is 0 Å². The van der Waals surface area contributed by atoms with Crippen LogP contribution in [0.2, 0.25) is 0 Å². The van der Waals surface area contributed by atoms with Gasteiger partial charge in [0.1, 0.15) is 17.2 Å². The maximum Gasteiger partial charge on any atom is 0.267 e. The van der Waals surface area contributed by atoms with E-state index < -0.39 is 11.7 Å². The summed E-state index contributed by atoms with van der Waals surface area (Å²) in [5.41, 5.74) is 9.12. The van der Waals surface area contributed by atoms with Crippen molar-refractivity contribution in [2.75, 3.05) is 7.11 Å². The molecule has 2 heterocycles. The fourth-order valence-electron chi connectivity index (χ4n) is 3.88. The van der Waals surface area contributed by atoms with E-state index in [4.69, 9.17) is 15.3 Å². The van der Waals surface area contributed by atoms with Crippen LogP contribution in [0.1, 0.15) is 64.1 Å². The molecule has 0 spiro atoms. The number of rotatable bonds is 6. The molecule has 2 aromatic carbocycles. The summed E-state index contributed by atoms with van der Waals surface area (Å²) in [6, 6.07) is 14.3. The highest BCUT2D eigenvalue weighted by molar-refractivity contribution is 6.04. The Morgan fingerprint density at radius 2 is 1.97 bits per heavy atom. The lowest BCUT2D eigenvalue weighted by molar-refractivity contribution is 0.0857. The van der Waals surface area contributed by atoms with Gasteiger partial charge in [-0.2, -0.15) is 0 Å². The quantitative estimate of drug-likeness (QED) is 0.631. The van der Waals surface area contributed by atoms with E-state index >= 15 is 0 Å². The number of benzene rings is 2. The number of nitrogens with zero attached hydrogens (tertiary/aromatic N) is 3. The summed E-state index contributed by atoms with van der Waals surface area (Å²) >= 11 is 0. The number of aromatic nitrogens is 2. The molecule has 164 valence electrons. The minimum absolute atomic E-state index is 0.106. The Labute approximate surface area is 185 Å². The number of primary amides is 1. The molecule has 0 radical (unpaired) electrons. The molecule has 7 nitrogen and oxygen atoms in total. The third kappa shape index (κ3) is 4.03. The highest BCUT2D eigenvalue weighted by atomic mass is 19.1. The van der Waals surface area contributed by atoms with E-state index in [2.05, 4.69) is 15.1 Å². The molecule has 0 fully saturated rings. The largest absolute Gasteiger partial charge is 0.494 e. The second-order valence-corrected chi connectivity index (χ2v) is 7.61. The van der Waals surface area contributed by atoms with Crippen molar-refractivity contribution < 1.29 is 18.8 Å². The predicted molar refractivity (Wildman–Crippen MR) is 117 cm³/mol. The van der Waals surface area contributed by atoms with E-state index in [1.165, 1.54) is 13.2 Å². The van der Waals surface area contributed by atoms with Gasteiger partial charge in [0.15, 0.2) is 17.7 Å². The highest BCUT2D eigenvalue weighted by Crippen LogP contribution is 2.35. The number of ether oxygens (including phenoxy) is 1. The van der Waals surface area contributed by atoms with E-state index in [1.807, 2.05) is 37.3 Å². The second kappa shape index (κ2) is 8.74. The lowest BCUT2D eigenvalue weighted by Crippen LogP contribution is -2.23. The summed E-state index contributed by atoms with van der Waals surface area (Å²) in [6.45, 7) is 3.57. The maximum absolute atomic E-state index is 14.0. The van der Waals surface area contributed by atoms with Crippen LogP contribution in [0, 0.1) is 12.7 Å². The summed E-state index contributed by atoms with van der Waals surface area (Å²) in [5, 5.41) is 4.28. The Bertz CT molecular complexity index is 1200. The van der Waals surface area contributed by atoms with Crippen LogP contribution in [0.15, 0.2) is 53.7 Å². The number of aryl methyl sites for hydroxylation is 1. The SMILES string of the molecule is COc1cc([C@H](C)c2c(C(N)=O)nc(C)nc2C2=NOC(c3ccccc3)C2)ccc1F. The minimum Gasteiger partial charge on any atom is -0.494 e. The molecule has 0 saturated heterocycles. The smallest absolute Gasteiger partial charge is 0.267 e. The molecule has 1 aromatic heterocycles. The number of carbonyl (C=O) groups excluding carboxylic acids is 1. The van der Waals surface area contributed by atoms with Crippen LogP contribution >= 0.6 is 0 Å². The first-order valence-corrected chi connectivity index (χ1v) is 10.2. The molecule has 4 rings (SSSR count). The fourth-order valence-corrected chi connectivity index (χ4v) is 3.88. The zero-order valence-electron chi connectivity index (χ0n) is 18.0. The van der Waals surface area contributed by atoms with Crippen molar-refractivity contribution in [2.24, 2.45) is 10.9 Å². The first-order chi connectivity index (χ1) is 15.4. The van der Waals surface area contributed by atoms with E-state index in [0.717, 1.165) is 11.1 Å². The van der Waals surface area contributed by atoms with E-state index in [0.29, 0.717) is 29.2 Å². The van der Waals surface area contributed by atoms with Gasteiger partial charge < -0.3 is 15.3 Å². The number of oxime groups is 1. The summed E-state index contributed by atoms with van der Waals surface area (Å²) < 4.78 is 19.1. The summed E-state index contributed by atoms with van der Waals surface area (Å²) in [5.74, 6) is -1.03. The summed E-state index contributed by atoms with van der Waals surface area (Å²) in [4.78, 5) is 26.9. The number of amides is 1. The zero-order valence-corrected chi connectivity index (χ0v) is 18.0. The molecule has 8 heteroatoms. The topological polar surface area (TPSA) is 99.7 Å². The lowest BCUT2D eigenvalue weighted by atomic mass is 9.87. The number of carbonyl (C=O) groups is 1. The standard InChI is InChI=1S/C24H23FN4O3/c1-13(16-9-10-17(25)20(11-16)31-3)21-22(27-14(2)28-23(21)24(26)30)18-12-19(32-29-18)15-7-5-4-6-8-15/h4-11,13,19H,12H2,1-3H3,(H2,26,30)/t13-,19?/m0/s1. The van der Waals surface area contributed by atoms with Gasteiger partial charge in [-0.05, 0) is 30.2 Å². The van der Waals surface area contributed by atoms with Crippen LogP contribution in [-0.2, 0) is 4.84 Å². The average molecular weight is 434 g/mol. The summed E-state index contributed by atoms with van der Waals surface area (Å²) in [6.07, 6.45) is 0.220. The Balaban J connectivity index is 1.79. The highest BCUT2D eigenvalue weighted by Gasteiger charge is 2.31. The monoisotopic (exact) mass is 434 g/mol. The molecule has 1 unspecified atom stereocenters. The van der Waals surface area contributed by atoms with E-state index in [9.17, 15) is 9.18 Å². The normalized spacial score (nSPS) is 16.2. The van der Waals surface area contributed by atoms with Crippen molar-refractivity contribution in [3.63, 3.8) is 0 Å². The first-order valence-electron chi connectivity index (χ1n) is 10.2. The van der Waals surface area contributed by atoms with Crippen molar-refractivity contribution >= 4 is 11.6 Å². The number of nitrogens with two attached hydrogens (primary N) is 1. The lowest BCUT2D eigenvalue weighted by Gasteiger charge is -2.19. The van der Waals surface area contributed by atoms with Crippen molar-refractivity contribution in [1.82, 2.24) is 9.97 Å². The van der Waals surface area contributed by atoms with Crippen LogP contribution in [0.5, 0.6) is 5.75 Å². The molecule has 2 atom stereocenters. The van der Waals surface area contributed by atoms with Gasteiger partial charge in [0, 0.05) is 17.9 Å². The third-order valence-electron chi connectivity index (χ3n) is 5.51. The number of methoxy groups -OCH3 is 1. The number of halogens is 1. The molecular weight excluding hydrogens is 411 g/mol. The van der Waals surface area contributed by atoms with Crippen LogP contribution in [0.4, 0.5) is 4.39 Å². The van der Waals surface area contributed by atoms with E-state index in [1.54, 1.807) is 19.1 Å². The maximum atomic E-state index is 14.0. The predicted octanol–water partition coefficient (Wildman–Crippen LogP) is 4.05. The van der Waals surface area contributed by atoms with E-state index in [-0.39, 0.29) is 23.5 Å². The van der Waals surface area contributed by atoms with Crippen LogP contribution in [0.25, 0.3) is 0 Å². The molecule has 1 aliphatic rings. The molecule has 0 bridgehead atoms. The zero-order chi connectivity index (χ0) is 22.8. The Kier molecular flexibility index (Phi) is 5.85. The van der Waals surface area contributed by atoms with Crippen LogP contribution in [0.3, 0.4) is 0 Å². The number of hydrogen-bond acceptors (Lipinski definition) is 6. The number of hydrogen-bond donors (Lipinski definition) is 1. The van der Waals surface area contributed by atoms with Gasteiger partial charge in [-0.25, -0.2) is 14.4 Å². The average Bonchev–Trinajstić information content (AvgIpc) is 3.29. The van der Waals surface area contributed by atoms with Crippen molar-refractivity contribution in [3.8, 4) is 5.75 Å². The van der Waals surface area contributed by atoms with Gasteiger partial charge in [0.25, 0.3) is 5.91 Å². The minimum atomic E-state index is -0.674. The Hall–Kier alpha value is -3.81. The van der Waals surface area contributed by atoms with Crippen molar-refractivity contribution in [2.45, 2.75) is 32.3 Å². The van der Waals surface area contributed by atoms with Gasteiger partial charge in [0.2, 0.25) is 0 Å². The van der Waals surface area contributed by atoms with Gasteiger partial charge in [-0.3, -0.25) is 4.79 Å². The molecule has 32 heavy (non-hydrogen) atoms. The fraction of sp³-hybridized carbons (Fsp3) is 0.250. The van der Waals surface area contributed by atoms with Gasteiger partial charge in [0.05, 0.1) is 12.8 Å². The molecule has 1 amide bonds. The molecule has 3 aromatic rings. The summed E-state index contributed by atoms with van der Waals surface area (Å²) in [7, 11) is 1.40. The molecule has 0 aliphatic carbocycles. The molecule has 1 aliphatic heterocycles.